The maximum atomic E-state index is 13.8. The number of rotatable bonds is 4. The summed E-state index contributed by atoms with van der Waals surface area (Å²) in [7, 11) is 1.61. The van der Waals surface area contributed by atoms with Crippen LogP contribution in [0.25, 0.3) is 0 Å². The molecule has 2 atom stereocenters. The summed E-state index contributed by atoms with van der Waals surface area (Å²) in [4.78, 5) is 14.3. The van der Waals surface area contributed by atoms with Gasteiger partial charge < -0.3 is 10.2 Å². The molecule has 0 fully saturated rings. The van der Waals surface area contributed by atoms with E-state index in [0.29, 0.717) is 6.54 Å². The van der Waals surface area contributed by atoms with E-state index in [4.69, 9.17) is 0 Å². The lowest BCUT2D eigenvalue weighted by molar-refractivity contribution is -0.173. The lowest BCUT2D eigenvalue weighted by atomic mass is 9.97. The molecule has 0 aliphatic carbocycles. The summed E-state index contributed by atoms with van der Waals surface area (Å²) in [5, 5.41) is 7.14. The number of carbonyl (C=O) groups excluding carboxylic acids is 1. The minimum atomic E-state index is -4.48. The Morgan fingerprint density at radius 1 is 1.13 bits per heavy atom. The molecule has 3 aromatic rings. The van der Waals surface area contributed by atoms with E-state index in [-0.39, 0.29) is 17.9 Å². The summed E-state index contributed by atoms with van der Waals surface area (Å²) in [5.74, 6) is -0.242. The quantitative estimate of drug-likeness (QED) is 0.666. The molecule has 2 aromatic carbocycles. The number of fused-ring (bicyclic) bond motifs is 1. The van der Waals surface area contributed by atoms with Crippen molar-refractivity contribution in [2.45, 2.75) is 31.2 Å². The maximum Gasteiger partial charge on any atom is 0.410 e. The van der Waals surface area contributed by atoms with Crippen molar-refractivity contribution in [3.8, 4) is 0 Å². The molecule has 0 radical (unpaired) electrons. The molecule has 1 N–H and O–H groups in total. The minimum absolute atomic E-state index is 0.0149. The largest absolute Gasteiger partial charge is 0.410 e. The Hall–Kier alpha value is -3.29. The van der Waals surface area contributed by atoms with Gasteiger partial charge in [-0.2, -0.15) is 18.3 Å². The monoisotopic (exact) mass is 414 g/mol. The van der Waals surface area contributed by atoms with Crippen LogP contribution in [-0.4, -0.2) is 33.8 Å². The van der Waals surface area contributed by atoms with E-state index in [2.05, 4.69) is 10.4 Å². The van der Waals surface area contributed by atoms with Crippen LogP contribution in [0.5, 0.6) is 0 Å². The van der Waals surface area contributed by atoms with Crippen LogP contribution in [0.1, 0.15) is 40.1 Å². The average Bonchev–Trinajstić information content (AvgIpc) is 3.17. The third-order valence-electron chi connectivity index (χ3n) is 5.22. The van der Waals surface area contributed by atoms with Crippen molar-refractivity contribution >= 4 is 11.7 Å². The molecule has 0 saturated heterocycles. The zero-order valence-electron chi connectivity index (χ0n) is 16.3. The van der Waals surface area contributed by atoms with Crippen molar-refractivity contribution in [3.05, 3.63) is 83.6 Å². The van der Waals surface area contributed by atoms with Gasteiger partial charge in [0.2, 0.25) is 0 Å². The second-order valence-corrected chi connectivity index (χ2v) is 7.41. The summed E-state index contributed by atoms with van der Waals surface area (Å²) in [6.07, 6.45) is -4.68. The number of benzene rings is 2. The highest BCUT2D eigenvalue weighted by molar-refractivity contribution is 5.93. The number of halogens is 3. The molecule has 8 heteroatoms. The van der Waals surface area contributed by atoms with Gasteiger partial charge in [0.15, 0.2) is 11.7 Å². The number of nitrogens with zero attached hydrogens (tertiary/aromatic N) is 3. The predicted octanol–water partition coefficient (Wildman–Crippen LogP) is 4.82. The van der Waals surface area contributed by atoms with E-state index >= 15 is 0 Å². The maximum absolute atomic E-state index is 13.8. The second kappa shape index (κ2) is 7.85. The second-order valence-electron chi connectivity index (χ2n) is 7.41. The molecule has 156 valence electrons. The molecule has 1 aliphatic rings. The molecule has 1 amide bonds. The molecule has 2 heterocycles. The van der Waals surface area contributed by atoms with Crippen LogP contribution < -0.4 is 5.32 Å². The van der Waals surface area contributed by atoms with Crippen molar-refractivity contribution in [1.82, 2.24) is 14.7 Å². The third kappa shape index (κ3) is 4.03. The Kier molecular flexibility index (Phi) is 5.24. The fourth-order valence-electron chi connectivity index (χ4n) is 3.71. The van der Waals surface area contributed by atoms with Crippen LogP contribution in [0.4, 0.5) is 19.0 Å². The van der Waals surface area contributed by atoms with Crippen molar-refractivity contribution in [2.24, 2.45) is 0 Å². The van der Waals surface area contributed by atoms with Gasteiger partial charge in [0.25, 0.3) is 5.91 Å². The average molecular weight is 414 g/mol. The van der Waals surface area contributed by atoms with E-state index in [0.717, 1.165) is 15.8 Å². The van der Waals surface area contributed by atoms with Crippen LogP contribution in [0.15, 0.2) is 66.7 Å². The minimum Gasteiger partial charge on any atom is -0.363 e. The van der Waals surface area contributed by atoms with Crippen molar-refractivity contribution in [1.29, 1.82) is 0 Å². The lowest BCUT2D eigenvalue weighted by Gasteiger charge is -2.33. The fraction of sp³-hybridized carbons (Fsp3) is 0.273. The molecule has 0 unspecified atom stereocenters. The van der Waals surface area contributed by atoms with Gasteiger partial charge in [-0.25, -0.2) is 4.68 Å². The van der Waals surface area contributed by atoms with Crippen LogP contribution in [-0.2, 0) is 6.54 Å². The van der Waals surface area contributed by atoms with E-state index in [1.165, 1.54) is 11.0 Å². The summed E-state index contributed by atoms with van der Waals surface area (Å²) >= 11 is 0. The first kappa shape index (κ1) is 20.0. The number of aromatic nitrogens is 2. The zero-order valence-corrected chi connectivity index (χ0v) is 16.3. The first-order chi connectivity index (χ1) is 14.3. The first-order valence-electron chi connectivity index (χ1n) is 9.60. The topological polar surface area (TPSA) is 50.2 Å². The van der Waals surface area contributed by atoms with Crippen molar-refractivity contribution in [3.63, 3.8) is 0 Å². The standard InChI is InChI=1S/C22H21F3N4O/c1-28(14-15-8-4-2-5-9-15)21(30)18-13-20-26-17(16-10-6-3-7-11-16)12-19(22(23,24)25)29(20)27-18/h2-11,13,17,19,26H,12,14H2,1H3/t17-,19-/m1/s1. The molecule has 5 nitrogen and oxygen atoms in total. The van der Waals surface area contributed by atoms with E-state index < -0.39 is 24.2 Å². The van der Waals surface area contributed by atoms with Gasteiger partial charge in [0, 0.05) is 26.1 Å². The Morgan fingerprint density at radius 3 is 2.40 bits per heavy atom. The summed E-state index contributed by atoms with van der Waals surface area (Å²) in [6, 6.07) is 17.4. The summed E-state index contributed by atoms with van der Waals surface area (Å²) < 4.78 is 42.2. The molecule has 0 spiro atoms. The van der Waals surface area contributed by atoms with E-state index in [9.17, 15) is 18.0 Å². The number of hydrogen-bond acceptors (Lipinski definition) is 3. The number of hydrogen-bond donors (Lipinski definition) is 1. The number of carbonyl (C=O) groups is 1. The molecule has 30 heavy (non-hydrogen) atoms. The van der Waals surface area contributed by atoms with Crippen LogP contribution >= 0.6 is 0 Å². The normalized spacial score (nSPS) is 18.4. The van der Waals surface area contributed by atoms with Gasteiger partial charge in [-0.3, -0.25) is 4.79 Å². The number of alkyl halides is 3. The van der Waals surface area contributed by atoms with Crippen molar-refractivity contribution in [2.75, 3.05) is 12.4 Å². The van der Waals surface area contributed by atoms with Gasteiger partial charge in [-0.1, -0.05) is 60.7 Å². The number of amides is 1. The van der Waals surface area contributed by atoms with Crippen LogP contribution in [0, 0.1) is 0 Å². The molecule has 0 saturated carbocycles. The predicted molar refractivity (Wildman–Crippen MR) is 107 cm³/mol. The summed E-state index contributed by atoms with van der Waals surface area (Å²) in [6.45, 7) is 0.338. The molecular formula is C22H21F3N4O. The Bertz CT molecular complexity index is 1020. The molecule has 1 aliphatic heterocycles. The zero-order chi connectivity index (χ0) is 21.3. The Labute approximate surface area is 172 Å². The molecule has 0 bridgehead atoms. The van der Waals surface area contributed by atoms with Crippen molar-refractivity contribution < 1.29 is 18.0 Å². The summed E-state index contributed by atoms with van der Waals surface area (Å²) in [5.41, 5.74) is 1.67. The SMILES string of the molecule is CN(Cc1ccccc1)C(=O)c1cc2n(n1)[C@@H](C(F)(F)F)C[C@H](c1ccccc1)N2. The lowest BCUT2D eigenvalue weighted by Crippen LogP contribution is -2.35. The first-order valence-corrected chi connectivity index (χ1v) is 9.60. The van der Waals surface area contributed by atoms with Crippen LogP contribution in [0.3, 0.4) is 0 Å². The van der Waals surface area contributed by atoms with Gasteiger partial charge in [-0.05, 0) is 11.1 Å². The van der Waals surface area contributed by atoms with E-state index in [1.807, 2.05) is 36.4 Å². The third-order valence-corrected chi connectivity index (χ3v) is 5.22. The Morgan fingerprint density at radius 2 is 1.77 bits per heavy atom. The highest BCUT2D eigenvalue weighted by Gasteiger charge is 2.46. The van der Waals surface area contributed by atoms with E-state index in [1.54, 1.807) is 31.3 Å². The highest BCUT2D eigenvalue weighted by atomic mass is 19.4. The molecule has 4 rings (SSSR count). The molecule has 1 aromatic heterocycles. The van der Waals surface area contributed by atoms with Gasteiger partial charge >= 0.3 is 6.18 Å². The van der Waals surface area contributed by atoms with Gasteiger partial charge in [0.1, 0.15) is 5.82 Å². The number of anilines is 1. The smallest absolute Gasteiger partial charge is 0.363 e. The van der Waals surface area contributed by atoms with Crippen LogP contribution in [0.2, 0.25) is 0 Å². The van der Waals surface area contributed by atoms with Gasteiger partial charge in [-0.15, -0.1) is 0 Å². The number of nitrogens with one attached hydrogen (secondary N) is 1. The molecular weight excluding hydrogens is 393 g/mol. The van der Waals surface area contributed by atoms with Gasteiger partial charge in [0.05, 0.1) is 6.04 Å². The fourth-order valence-corrected chi connectivity index (χ4v) is 3.71. The Balaban J connectivity index is 1.61. The highest BCUT2D eigenvalue weighted by Crippen LogP contribution is 2.43.